The minimum absolute atomic E-state index is 0.0811. The summed E-state index contributed by atoms with van der Waals surface area (Å²) in [6.07, 6.45) is -10.1. The predicted octanol–water partition coefficient (Wildman–Crippen LogP) is 15.5. The first-order valence-electron chi connectivity index (χ1n) is 21.8. The van der Waals surface area contributed by atoms with Gasteiger partial charge in [0.25, 0.3) is 0 Å². The highest BCUT2D eigenvalue weighted by molar-refractivity contribution is 6.11. The molecule has 0 aliphatic rings. The second-order valence-corrected chi connectivity index (χ2v) is 16.3. The van der Waals surface area contributed by atoms with Crippen molar-refractivity contribution in [3.05, 3.63) is 217 Å². The number of alkyl halides is 6. The molecule has 0 spiro atoms. The van der Waals surface area contributed by atoms with E-state index >= 15 is 0 Å². The molecule has 3 heterocycles. The molecule has 0 radical (unpaired) electrons. The number of halogens is 6. The highest BCUT2D eigenvalue weighted by Crippen LogP contribution is 2.44. The Labute approximate surface area is 390 Å². The molecule has 11 rings (SSSR count). The van der Waals surface area contributed by atoms with Gasteiger partial charge in [-0.15, -0.1) is 0 Å². The maximum Gasteiger partial charge on any atom is 0.417 e. The summed E-state index contributed by atoms with van der Waals surface area (Å²) < 4.78 is 87.5. The van der Waals surface area contributed by atoms with Crippen LogP contribution in [0.4, 0.5) is 26.3 Å². The molecule has 0 fully saturated rings. The molecule has 8 aromatic carbocycles. The monoisotopic (exact) mass is 916 g/mol. The van der Waals surface area contributed by atoms with Gasteiger partial charge in [-0.25, -0.2) is 24.9 Å². The largest absolute Gasteiger partial charge is 0.417 e. The van der Waals surface area contributed by atoms with E-state index in [-0.39, 0.29) is 17.2 Å². The highest BCUT2D eigenvalue weighted by Gasteiger charge is 2.38. The maximum atomic E-state index is 14.7. The van der Waals surface area contributed by atoms with E-state index in [1.54, 1.807) is 12.1 Å². The van der Waals surface area contributed by atoms with E-state index in [1.807, 2.05) is 174 Å². The van der Waals surface area contributed by atoms with E-state index in [1.165, 1.54) is 6.07 Å². The normalized spacial score (nSPS) is 11.9. The third-order valence-corrected chi connectivity index (χ3v) is 11.9. The van der Waals surface area contributed by atoms with E-state index in [0.29, 0.717) is 68.5 Å². The summed E-state index contributed by atoms with van der Waals surface area (Å²) in [4.78, 5) is 25.2. The molecule has 334 valence electrons. The quantitative estimate of drug-likeness (QED) is 0.142. The van der Waals surface area contributed by atoms with Gasteiger partial charge in [0.1, 0.15) is 0 Å². The molecule has 0 saturated carbocycles. The van der Waals surface area contributed by atoms with E-state index in [0.717, 1.165) is 39.2 Å². The third-order valence-electron chi connectivity index (χ3n) is 11.9. The first kappa shape index (κ1) is 42.8. The van der Waals surface area contributed by atoms with Crippen molar-refractivity contribution in [1.82, 2.24) is 29.5 Å². The van der Waals surface area contributed by atoms with Crippen molar-refractivity contribution in [2.45, 2.75) is 12.4 Å². The lowest BCUT2D eigenvalue weighted by Gasteiger charge is -2.18. The van der Waals surface area contributed by atoms with Gasteiger partial charge < -0.3 is 4.57 Å². The second-order valence-electron chi connectivity index (χ2n) is 16.3. The zero-order valence-corrected chi connectivity index (χ0v) is 36.1. The van der Waals surface area contributed by atoms with E-state index in [9.17, 15) is 26.3 Å². The Hall–Kier alpha value is -8.77. The lowest BCUT2D eigenvalue weighted by atomic mass is 9.96. The summed E-state index contributed by atoms with van der Waals surface area (Å²) >= 11 is 0. The molecule has 12 heteroatoms. The molecule has 3 aromatic heterocycles. The standard InChI is InChI=1S/C57H34F6N6/c58-56(59,60)41-27-29-42(46(33-41)57(61,62)63)39-25-28-44-43-23-13-14-24-49(43)69(51(44)32-39)50-30-26-40(55-67-53(37-19-9-3-10-20-37)66-54(68-55)38-21-11-4-12-22-38)31-45(50)48-34-47(35-15-5-1-6-16-35)64-52(65-48)36-17-7-2-8-18-36/h1-34H. The Morgan fingerprint density at radius 1 is 0.319 bits per heavy atom. The van der Waals surface area contributed by atoms with Crippen LogP contribution in [0.2, 0.25) is 0 Å². The van der Waals surface area contributed by atoms with Crippen LogP contribution in [0, 0.1) is 0 Å². The summed E-state index contributed by atoms with van der Waals surface area (Å²) in [5.41, 5.74) is 4.30. The van der Waals surface area contributed by atoms with Crippen molar-refractivity contribution >= 4 is 21.8 Å². The molecular weight excluding hydrogens is 883 g/mol. The highest BCUT2D eigenvalue weighted by atomic mass is 19.4. The fourth-order valence-electron chi connectivity index (χ4n) is 8.68. The number of nitrogens with zero attached hydrogens (tertiary/aromatic N) is 6. The van der Waals surface area contributed by atoms with Crippen LogP contribution in [0.5, 0.6) is 0 Å². The first-order valence-corrected chi connectivity index (χ1v) is 21.8. The Morgan fingerprint density at radius 3 is 1.39 bits per heavy atom. The zero-order chi connectivity index (χ0) is 47.3. The SMILES string of the molecule is FC(F)(F)c1ccc(-c2ccc3c4ccccc4n(-c4ccc(-c5nc(-c6ccccc6)nc(-c6ccccc6)n5)cc4-c4cc(-c5ccccc5)nc(-c5ccccc5)n4)c3c2)c(C(F)(F)F)c1. The number of hydrogen-bond donors (Lipinski definition) is 0. The summed E-state index contributed by atoms with van der Waals surface area (Å²) in [5, 5.41) is 1.51. The van der Waals surface area contributed by atoms with Crippen molar-refractivity contribution in [2.24, 2.45) is 0 Å². The molecule has 0 unspecified atom stereocenters. The maximum absolute atomic E-state index is 14.7. The predicted molar refractivity (Wildman–Crippen MR) is 258 cm³/mol. The van der Waals surface area contributed by atoms with Crippen LogP contribution in [0.1, 0.15) is 11.1 Å². The topological polar surface area (TPSA) is 69.4 Å². The summed E-state index contributed by atoms with van der Waals surface area (Å²) in [6, 6.07) is 60.3. The van der Waals surface area contributed by atoms with Crippen LogP contribution in [0.15, 0.2) is 206 Å². The lowest BCUT2D eigenvalue weighted by molar-refractivity contribution is -0.142. The molecule has 0 atom stereocenters. The number of hydrogen-bond acceptors (Lipinski definition) is 5. The van der Waals surface area contributed by atoms with Gasteiger partial charge in [0.2, 0.25) is 0 Å². The van der Waals surface area contributed by atoms with E-state index in [2.05, 4.69) is 0 Å². The Morgan fingerprint density at radius 2 is 0.812 bits per heavy atom. The smallest absolute Gasteiger partial charge is 0.309 e. The number of rotatable bonds is 8. The van der Waals surface area contributed by atoms with Crippen molar-refractivity contribution in [3.63, 3.8) is 0 Å². The van der Waals surface area contributed by atoms with Crippen molar-refractivity contribution in [1.29, 1.82) is 0 Å². The Bertz CT molecular complexity index is 3570. The molecule has 0 N–H and O–H groups in total. The van der Waals surface area contributed by atoms with Crippen molar-refractivity contribution in [2.75, 3.05) is 0 Å². The van der Waals surface area contributed by atoms with Crippen LogP contribution in [-0.4, -0.2) is 29.5 Å². The van der Waals surface area contributed by atoms with Gasteiger partial charge in [0.15, 0.2) is 23.3 Å². The van der Waals surface area contributed by atoms with Gasteiger partial charge in [-0.1, -0.05) is 158 Å². The number of benzene rings is 8. The summed E-state index contributed by atoms with van der Waals surface area (Å²) in [7, 11) is 0. The van der Waals surface area contributed by atoms with Gasteiger partial charge in [0, 0.05) is 44.2 Å². The molecule has 6 nitrogen and oxygen atoms in total. The van der Waals surface area contributed by atoms with Crippen LogP contribution >= 0.6 is 0 Å². The minimum Gasteiger partial charge on any atom is -0.309 e. The number of aromatic nitrogens is 6. The van der Waals surface area contributed by atoms with Crippen LogP contribution in [-0.2, 0) is 12.4 Å². The van der Waals surface area contributed by atoms with Gasteiger partial charge >= 0.3 is 12.4 Å². The molecule has 69 heavy (non-hydrogen) atoms. The second kappa shape index (κ2) is 17.1. The first-order chi connectivity index (χ1) is 33.5. The van der Waals surface area contributed by atoms with Gasteiger partial charge in [-0.05, 0) is 59.7 Å². The van der Waals surface area contributed by atoms with Crippen molar-refractivity contribution < 1.29 is 26.3 Å². The average Bonchev–Trinajstić information content (AvgIpc) is 3.72. The molecule has 0 bridgehead atoms. The Balaban J connectivity index is 1.21. The van der Waals surface area contributed by atoms with Crippen LogP contribution in [0.25, 0.3) is 107 Å². The molecule has 11 aromatic rings. The average molecular weight is 917 g/mol. The van der Waals surface area contributed by atoms with Gasteiger partial charge in [-0.3, -0.25) is 0 Å². The fraction of sp³-hybridized carbons (Fsp3) is 0.0351. The number of fused-ring (bicyclic) bond motifs is 3. The summed E-state index contributed by atoms with van der Waals surface area (Å²) in [6.45, 7) is 0. The number of para-hydroxylation sites is 1. The van der Waals surface area contributed by atoms with E-state index in [4.69, 9.17) is 24.9 Å². The lowest BCUT2D eigenvalue weighted by Crippen LogP contribution is -2.12. The molecular formula is C57H34F6N6. The van der Waals surface area contributed by atoms with Crippen LogP contribution < -0.4 is 0 Å². The Kier molecular flexibility index (Phi) is 10.6. The molecule has 0 aliphatic heterocycles. The van der Waals surface area contributed by atoms with Crippen LogP contribution in [0.3, 0.4) is 0 Å². The molecule has 0 saturated heterocycles. The van der Waals surface area contributed by atoms with Gasteiger partial charge in [0.05, 0.1) is 39.2 Å². The fourth-order valence-corrected chi connectivity index (χ4v) is 8.68. The molecule has 0 aliphatic carbocycles. The van der Waals surface area contributed by atoms with Gasteiger partial charge in [-0.2, -0.15) is 26.3 Å². The van der Waals surface area contributed by atoms with Crippen molar-refractivity contribution in [3.8, 4) is 84.9 Å². The third kappa shape index (κ3) is 8.26. The van der Waals surface area contributed by atoms with E-state index < -0.39 is 23.5 Å². The zero-order valence-electron chi connectivity index (χ0n) is 36.1. The molecule has 0 amide bonds. The summed E-state index contributed by atoms with van der Waals surface area (Å²) in [5.74, 6) is 1.75. The minimum atomic E-state index is -5.09.